The van der Waals surface area contributed by atoms with Crippen LogP contribution in [0.25, 0.3) is 0 Å². The third-order valence-electron chi connectivity index (χ3n) is 4.33. The second-order valence-electron chi connectivity index (χ2n) is 5.74. The Labute approximate surface area is 103 Å². The van der Waals surface area contributed by atoms with Gasteiger partial charge in [-0.3, -0.25) is 4.79 Å². The highest BCUT2D eigenvalue weighted by molar-refractivity contribution is 5.82. The Kier molecular flexibility index (Phi) is 3.73. The van der Waals surface area contributed by atoms with Gasteiger partial charge >= 0.3 is 0 Å². The van der Waals surface area contributed by atoms with Gasteiger partial charge in [-0.25, -0.2) is 0 Å². The highest BCUT2D eigenvalue weighted by Gasteiger charge is 2.45. The largest absolute Gasteiger partial charge is 0.375 e. The Morgan fingerprint density at radius 3 is 2.76 bits per heavy atom. The van der Waals surface area contributed by atoms with Gasteiger partial charge in [0.2, 0.25) is 5.91 Å². The lowest BCUT2D eigenvalue weighted by molar-refractivity contribution is -0.129. The fourth-order valence-electron chi connectivity index (χ4n) is 2.52. The standard InChI is InChI=1S/C13H24N2O2/c1-9(2)13(4-5-13)8-15-12(16)11-10(3)17-7-6-14-11/h9-11,14H,4-8H2,1-3H3,(H,15,16)/t10-,11+/m1/s1. The monoisotopic (exact) mass is 240 g/mol. The number of ether oxygens (including phenoxy) is 1. The van der Waals surface area contributed by atoms with Crippen LogP contribution in [0, 0.1) is 11.3 Å². The molecular formula is C13H24N2O2. The van der Waals surface area contributed by atoms with Crippen molar-refractivity contribution in [1.29, 1.82) is 0 Å². The molecule has 1 amide bonds. The number of hydrogen-bond donors (Lipinski definition) is 2. The van der Waals surface area contributed by atoms with E-state index in [4.69, 9.17) is 4.74 Å². The first kappa shape index (κ1) is 12.8. The molecule has 2 atom stereocenters. The Balaban J connectivity index is 1.81. The first-order valence-electron chi connectivity index (χ1n) is 6.68. The zero-order valence-corrected chi connectivity index (χ0v) is 11.1. The van der Waals surface area contributed by atoms with Crippen molar-refractivity contribution in [2.75, 3.05) is 19.7 Å². The molecule has 1 saturated heterocycles. The molecule has 17 heavy (non-hydrogen) atoms. The van der Waals surface area contributed by atoms with E-state index < -0.39 is 0 Å². The second kappa shape index (κ2) is 4.94. The molecule has 0 aromatic heterocycles. The molecule has 2 N–H and O–H groups in total. The molecule has 1 heterocycles. The summed E-state index contributed by atoms with van der Waals surface area (Å²) >= 11 is 0. The van der Waals surface area contributed by atoms with Crippen LogP contribution in [-0.4, -0.2) is 37.7 Å². The maximum absolute atomic E-state index is 12.1. The number of carbonyl (C=O) groups excluding carboxylic acids is 1. The van der Waals surface area contributed by atoms with Gasteiger partial charge in [0.15, 0.2) is 0 Å². The summed E-state index contributed by atoms with van der Waals surface area (Å²) in [5, 5.41) is 6.30. The Bertz CT molecular complexity index is 287. The zero-order chi connectivity index (χ0) is 12.5. The van der Waals surface area contributed by atoms with Crippen LogP contribution in [0.1, 0.15) is 33.6 Å². The fourth-order valence-corrected chi connectivity index (χ4v) is 2.52. The lowest BCUT2D eigenvalue weighted by Gasteiger charge is -2.30. The predicted molar refractivity (Wildman–Crippen MR) is 66.7 cm³/mol. The van der Waals surface area contributed by atoms with Gasteiger partial charge in [0.1, 0.15) is 6.04 Å². The summed E-state index contributed by atoms with van der Waals surface area (Å²) in [6, 6.07) is -0.188. The van der Waals surface area contributed by atoms with Crippen molar-refractivity contribution in [2.24, 2.45) is 11.3 Å². The average molecular weight is 240 g/mol. The predicted octanol–water partition coefficient (Wildman–Crippen LogP) is 0.916. The van der Waals surface area contributed by atoms with Gasteiger partial charge in [0.05, 0.1) is 12.7 Å². The summed E-state index contributed by atoms with van der Waals surface area (Å²) in [5.41, 5.74) is 0.369. The van der Waals surface area contributed by atoms with Crippen LogP contribution in [-0.2, 0) is 9.53 Å². The molecule has 2 fully saturated rings. The van der Waals surface area contributed by atoms with E-state index in [2.05, 4.69) is 24.5 Å². The SMILES string of the molecule is CC(C)C1(CNC(=O)[C@H]2NCCO[C@@H]2C)CC1. The van der Waals surface area contributed by atoms with E-state index in [9.17, 15) is 4.79 Å². The maximum atomic E-state index is 12.1. The van der Waals surface area contributed by atoms with Gasteiger partial charge in [0, 0.05) is 13.1 Å². The number of rotatable bonds is 4. The summed E-state index contributed by atoms with van der Waals surface area (Å²) in [7, 11) is 0. The van der Waals surface area contributed by atoms with Crippen LogP contribution in [0.5, 0.6) is 0 Å². The Hall–Kier alpha value is -0.610. The van der Waals surface area contributed by atoms with Gasteiger partial charge in [-0.2, -0.15) is 0 Å². The molecule has 0 aromatic carbocycles. The molecular weight excluding hydrogens is 216 g/mol. The van der Waals surface area contributed by atoms with Crippen LogP contribution in [0.4, 0.5) is 0 Å². The van der Waals surface area contributed by atoms with Gasteiger partial charge in [0.25, 0.3) is 0 Å². The molecule has 4 nitrogen and oxygen atoms in total. The molecule has 0 bridgehead atoms. The van der Waals surface area contributed by atoms with E-state index >= 15 is 0 Å². The summed E-state index contributed by atoms with van der Waals surface area (Å²) < 4.78 is 5.48. The Morgan fingerprint density at radius 1 is 1.53 bits per heavy atom. The normalized spacial score (nSPS) is 31.3. The summed E-state index contributed by atoms with van der Waals surface area (Å²) in [5.74, 6) is 0.736. The second-order valence-corrected chi connectivity index (χ2v) is 5.74. The fraction of sp³-hybridized carbons (Fsp3) is 0.923. The lowest BCUT2D eigenvalue weighted by atomic mass is 9.92. The minimum Gasteiger partial charge on any atom is -0.375 e. The molecule has 4 heteroatoms. The van der Waals surface area contributed by atoms with E-state index in [1.54, 1.807) is 0 Å². The summed E-state index contributed by atoms with van der Waals surface area (Å²) in [4.78, 5) is 12.1. The van der Waals surface area contributed by atoms with Gasteiger partial charge in [-0.1, -0.05) is 13.8 Å². The molecule has 1 aliphatic heterocycles. The summed E-state index contributed by atoms with van der Waals surface area (Å²) in [6.07, 6.45) is 2.46. The number of morpholine rings is 1. The molecule has 0 unspecified atom stereocenters. The van der Waals surface area contributed by atoms with E-state index in [0.29, 0.717) is 17.9 Å². The molecule has 0 spiro atoms. The first-order valence-corrected chi connectivity index (χ1v) is 6.68. The quantitative estimate of drug-likeness (QED) is 0.768. The highest BCUT2D eigenvalue weighted by atomic mass is 16.5. The van der Waals surface area contributed by atoms with Gasteiger partial charge in [-0.15, -0.1) is 0 Å². The highest BCUT2D eigenvalue weighted by Crippen LogP contribution is 2.51. The molecule has 1 aliphatic carbocycles. The molecule has 0 radical (unpaired) electrons. The first-order chi connectivity index (χ1) is 8.05. The van der Waals surface area contributed by atoms with Crippen LogP contribution in [0.2, 0.25) is 0 Å². The summed E-state index contributed by atoms with van der Waals surface area (Å²) in [6.45, 7) is 8.70. The number of carbonyl (C=O) groups is 1. The van der Waals surface area contributed by atoms with E-state index in [1.165, 1.54) is 12.8 Å². The molecule has 1 saturated carbocycles. The number of nitrogens with one attached hydrogen (secondary N) is 2. The minimum absolute atomic E-state index is 0.0297. The van der Waals surface area contributed by atoms with Gasteiger partial charge < -0.3 is 15.4 Å². The van der Waals surface area contributed by atoms with Crippen molar-refractivity contribution in [3.8, 4) is 0 Å². The van der Waals surface area contributed by atoms with Crippen molar-refractivity contribution in [2.45, 2.75) is 45.8 Å². The van der Waals surface area contributed by atoms with Crippen molar-refractivity contribution < 1.29 is 9.53 Å². The zero-order valence-electron chi connectivity index (χ0n) is 11.1. The van der Waals surface area contributed by atoms with Crippen LogP contribution >= 0.6 is 0 Å². The Morgan fingerprint density at radius 2 is 2.24 bits per heavy atom. The maximum Gasteiger partial charge on any atom is 0.239 e. The lowest BCUT2D eigenvalue weighted by Crippen LogP contribution is -2.56. The molecule has 2 rings (SSSR count). The van der Waals surface area contributed by atoms with E-state index in [0.717, 1.165) is 13.1 Å². The van der Waals surface area contributed by atoms with Crippen molar-refractivity contribution in [1.82, 2.24) is 10.6 Å². The van der Waals surface area contributed by atoms with E-state index in [1.807, 2.05) is 6.92 Å². The number of hydrogen-bond acceptors (Lipinski definition) is 3. The molecule has 2 aliphatic rings. The average Bonchev–Trinajstić information content (AvgIpc) is 3.07. The van der Waals surface area contributed by atoms with Crippen molar-refractivity contribution >= 4 is 5.91 Å². The van der Waals surface area contributed by atoms with Crippen LogP contribution in [0.3, 0.4) is 0 Å². The van der Waals surface area contributed by atoms with Crippen LogP contribution < -0.4 is 10.6 Å². The minimum atomic E-state index is -0.188. The topological polar surface area (TPSA) is 50.4 Å². The third-order valence-corrected chi connectivity index (χ3v) is 4.33. The third kappa shape index (κ3) is 2.80. The van der Waals surface area contributed by atoms with Crippen molar-refractivity contribution in [3.63, 3.8) is 0 Å². The van der Waals surface area contributed by atoms with Crippen LogP contribution in [0.15, 0.2) is 0 Å². The number of amides is 1. The smallest absolute Gasteiger partial charge is 0.239 e. The van der Waals surface area contributed by atoms with E-state index in [-0.39, 0.29) is 18.1 Å². The molecule has 0 aromatic rings. The molecule has 98 valence electrons. The van der Waals surface area contributed by atoms with Crippen molar-refractivity contribution in [3.05, 3.63) is 0 Å². The van der Waals surface area contributed by atoms with Gasteiger partial charge in [-0.05, 0) is 31.1 Å².